The summed E-state index contributed by atoms with van der Waals surface area (Å²) in [5.41, 5.74) is 15.9. The molecule has 10 unspecified atom stereocenters. The van der Waals surface area contributed by atoms with E-state index in [1.54, 1.807) is 0 Å². The number of aliphatic hydroxyl groups is 3. The minimum absolute atomic E-state index is 0.0542. The molecule has 1 saturated heterocycles. The lowest BCUT2D eigenvalue weighted by Gasteiger charge is -2.43. The summed E-state index contributed by atoms with van der Waals surface area (Å²) in [5, 5.41) is 48.8. The first-order valence-corrected chi connectivity index (χ1v) is 14.4. The van der Waals surface area contributed by atoms with Crippen molar-refractivity contribution in [1.82, 2.24) is 21.3 Å². The lowest BCUT2D eigenvalue weighted by atomic mass is 9.96. The fraction of sp³-hybridized carbons (Fsp3) is 0.731. The van der Waals surface area contributed by atoms with Gasteiger partial charge in [0.1, 0.15) is 48.6 Å². The molecule has 14 N–H and O–H groups in total. The first kappa shape index (κ1) is 40.1. The van der Waals surface area contributed by atoms with Crippen LogP contribution in [0.5, 0.6) is 0 Å². The molecule has 20 nitrogen and oxygen atoms in total. The summed E-state index contributed by atoms with van der Waals surface area (Å²) < 4.78 is 10.7. The number of carboxylic acids is 1. The molecule has 0 aromatic rings. The summed E-state index contributed by atoms with van der Waals surface area (Å²) >= 11 is 0. The number of amides is 6. The summed E-state index contributed by atoms with van der Waals surface area (Å²) in [6.45, 7) is 2.95. The van der Waals surface area contributed by atoms with Crippen molar-refractivity contribution in [3.63, 3.8) is 0 Å². The van der Waals surface area contributed by atoms with Gasteiger partial charge in [0.05, 0.1) is 12.6 Å². The summed E-state index contributed by atoms with van der Waals surface area (Å²) in [6, 6.07) is -6.26. The van der Waals surface area contributed by atoms with Gasteiger partial charge in [-0.25, -0.2) is 4.79 Å². The summed E-state index contributed by atoms with van der Waals surface area (Å²) in [4.78, 5) is 84.0. The highest BCUT2D eigenvalue weighted by Crippen LogP contribution is 2.23. The van der Waals surface area contributed by atoms with Crippen LogP contribution in [0.15, 0.2) is 0 Å². The number of rotatable bonds is 19. The van der Waals surface area contributed by atoms with Crippen LogP contribution in [0.1, 0.15) is 52.9 Å². The van der Waals surface area contributed by atoms with Crippen LogP contribution in [0.25, 0.3) is 0 Å². The number of aliphatic carboxylic acids is 1. The van der Waals surface area contributed by atoms with Crippen LogP contribution in [0, 0.1) is 0 Å². The second-order valence-corrected chi connectivity index (χ2v) is 10.8. The molecule has 262 valence electrons. The minimum atomic E-state index is -1.69. The molecule has 1 rings (SSSR count). The van der Waals surface area contributed by atoms with Crippen molar-refractivity contribution < 1.29 is 63.5 Å². The third-order valence-corrected chi connectivity index (χ3v) is 7.05. The molecule has 1 aliphatic rings. The van der Waals surface area contributed by atoms with Crippen LogP contribution < -0.4 is 38.5 Å². The van der Waals surface area contributed by atoms with Crippen LogP contribution in [0.3, 0.4) is 0 Å². The van der Waals surface area contributed by atoms with Gasteiger partial charge < -0.3 is 68.4 Å². The van der Waals surface area contributed by atoms with Crippen molar-refractivity contribution in [2.75, 3.05) is 6.61 Å². The van der Waals surface area contributed by atoms with Gasteiger partial charge >= 0.3 is 5.97 Å². The lowest BCUT2D eigenvalue weighted by Crippen LogP contribution is -2.65. The highest BCUT2D eigenvalue weighted by Gasteiger charge is 2.47. The molecule has 6 amide bonds. The molecule has 10 atom stereocenters. The van der Waals surface area contributed by atoms with E-state index in [0.717, 1.165) is 6.92 Å². The second kappa shape index (κ2) is 18.9. The summed E-state index contributed by atoms with van der Waals surface area (Å²) in [6.07, 6.45) is -7.83. The third-order valence-electron chi connectivity index (χ3n) is 7.05. The number of carbonyl (C=O) groups is 7. The molecule has 0 radical (unpaired) electrons. The van der Waals surface area contributed by atoms with Gasteiger partial charge in [-0.05, 0) is 39.5 Å². The largest absolute Gasteiger partial charge is 0.480 e. The molecule has 0 aromatic heterocycles. The average Bonchev–Trinajstić information content (AvgIpc) is 2.96. The summed E-state index contributed by atoms with van der Waals surface area (Å²) in [7, 11) is 0. The van der Waals surface area contributed by atoms with E-state index in [2.05, 4.69) is 21.3 Å². The molecule has 0 saturated carbocycles. The number of primary amides is 2. The number of carbonyl (C=O) groups excluding carboxylic acids is 6. The standard InChI is InChI=1S/C26H45N7O13/c1-10(30-24(41)11(2)45-20-18(31-12(3)35)26(44)46-16(9-34)19(20)37)23(40)33-14(22(29)39)7-8-17(36)32-15(25(42)43)6-4-5-13(27)21(28)38/h10-11,13-16,18-20,26,34,37,44H,4-9,27H2,1-3H3,(H2,28,38)(H2,29,39)(H,30,41)(H,31,35)(H,32,36)(H,33,40)(H,42,43). The normalized spacial score (nSPS) is 24.3. The zero-order chi connectivity index (χ0) is 35.3. The van der Waals surface area contributed by atoms with E-state index in [1.165, 1.54) is 13.8 Å². The highest BCUT2D eigenvalue weighted by molar-refractivity contribution is 5.92. The second-order valence-electron chi connectivity index (χ2n) is 10.8. The van der Waals surface area contributed by atoms with Crippen LogP contribution in [0.2, 0.25) is 0 Å². The molecule has 46 heavy (non-hydrogen) atoms. The third kappa shape index (κ3) is 12.8. The van der Waals surface area contributed by atoms with Gasteiger partial charge in [-0.1, -0.05) is 0 Å². The molecule has 1 fully saturated rings. The van der Waals surface area contributed by atoms with E-state index < -0.39 is 115 Å². The van der Waals surface area contributed by atoms with Crippen LogP contribution in [-0.2, 0) is 43.0 Å². The average molecular weight is 664 g/mol. The van der Waals surface area contributed by atoms with Gasteiger partial charge in [0.15, 0.2) is 6.29 Å². The molecular formula is C26H45N7O13. The first-order valence-electron chi connectivity index (χ1n) is 14.4. The van der Waals surface area contributed by atoms with Gasteiger partial charge in [0.2, 0.25) is 35.4 Å². The van der Waals surface area contributed by atoms with E-state index in [-0.39, 0.29) is 25.7 Å². The zero-order valence-corrected chi connectivity index (χ0v) is 25.7. The van der Waals surface area contributed by atoms with Crippen molar-refractivity contribution in [3.05, 3.63) is 0 Å². The van der Waals surface area contributed by atoms with Gasteiger partial charge in [-0.15, -0.1) is 0 Å². The number of carboxylic acid groups (broad SMARTS) is 1. The molecule has 0 bridgehead atoms. The quantitative estimate of drug-likeness (QED) is 0.0613. The predicted octanol–water partition coefficient (Wildman–Crippen LogP) is -5.86. The molecule has 1 heterocycles. The number of aliphatic hydroxyl groups excluding tert-OH is 3. The van der Waals surface area contributed by atoms with Gasteiger partial charge in [0.25, 0.3) is 0 Å². The van der Waals surface area contributed by atoms with Gasteiger partial charge in [-0.3, -0.25) is 28.8 Å². The van der Waals surface area contributed by atoms with Crippen molar-refractivity contribution in [2.45, 2.75) is 114 Å². The van der Waals surface area contributed by atoms with Gasteiger partial charge in [-0.2, -0.15) is 0 Å². The molecule has 1 aliphatic heterocycles. The maximum Gasteiger partial charge on any atom is 0.326 e. The molecular weight excluding hydrogens is 618 g/mol. The van der Waals surface area contributed by atoms with Crippen LogP contribution >= 0.6 is 0 Å². The Hall–Kier alpha value is -3.95. The van der Waals surface area contributed by atoms with E-state index in [1.807, 2.05) is 0 Å². The van der Waals surface area contributed by atoms with Crippen LogP contribution in [-0.4, -0.2) is 129 Å². The maximum absolute atomic E-state index is 12.8. The minimum Gasteiger partial charge on any atom is -0.480 e. The number of ether oxygens (including phenoxy) is 2. The Morgan fingerprint density at radius 1 is 0.891 bits per heavy atom. The molecule has 0 aliphatic carbocycles. The van der Waals surface area contributed by atoms with Crippen molar-refractivity contribution in [2.24, 2.45) is 17.2 Å². The van der Waals surface area contributed by atoms with E-state index in [4.69, 9.17) is 26.7 Å². The molecule has 0 spiro atoms. The van der Waals surface area contributed by atoms with Crippen molar-refractivity contribution in [3.8, 4) is 0 Å². The smallest absolute Gasteiger partial charge is 0.326 e. The fourth-order valence-electron chi connectivity index (χ4n) is 4.39. The number of hydrogen-bond donors (Lipinski definition) is 11. The Morgan fingerprint density at radius 2 is 1.52 bits per heavy atom. The Kier molecular flexibility index (Phi) is 16.5. The predicted molar refractivity (Wildman–Crippen MR) is 154 cm³/mol. The Balaban J connectivity index is 2.73. The number of nitrogens with one attached hydrogen (secondary N) is 4. The first-order chi connectivity index (χ1) is 21.4. The Morgan fingerprint density at radius 3 is 2.04 bits per heavy atom. The lowest BCUT2D eigenvalue weighted by molar-refractivity contribution is -0.266. The topological polar surface area (TPSA) is 345 Å². The Bertz CT molecular complexity index is 1110. The van der Waals surface area contributed by atoms with Crippen LogP contribution in [0.4, 0.5) is 0 Å². The van der Waals surface area contributed by atoms with Gasteiger partial charge in [0, 0.05) is 13.3 Å². The highest BCUT2D eigenvalue weighted by atomic mass is 16.6. The zero-order valence-electron chi connectivity index (χ0n) is 25.7. The van der Waals surface area contributed by atoms with Crippen molar-refractivity contribution in [1.29, 1.82) is 0 Å². The Labute approximate surface area is 264 Å². The molecule has 20 heteroatoms. The summed E-state index contributed by atoms with van der Waals surface area (Å²) in [5.74, 6) is -6.23. The van der Waals surface area contributed by atoms with E-state index in [9.17, 15) is 54.0 Å². The fourth-order valence-corrected chi connectivity index (χ4v) is 4.39. The van der Waals surface area contributed by atoms with E-state index in [0.29, 0.717) is 0 Å². The number of hydrogen-bond acceptors (Lipinski definition) is 13. The van der Waals surface area contributed by atoms with Crippen molar-refractivity contribution >= 4 is 41.4 Å². The SMILES string of the molecule is CC(=O)NC1C(O)OC(CO)C(O)C1OC(C)C(=O)NC(C)C(=O)NC(CCC(=O)NC(CCCC(N)C(N)=O)C(=O)O)C(N)=O. The van der Waals surface area contributed by atoms with E-state index >= 15 is 0 Å². The number of nitrogens with two attached hydrogens (primary N) is 3. The molecule has 0 aromatic carbocycles. The monoisotopic (exact) mass is 663 g/mol. The maximum atomic E-state index is 12.8.